The molecule has 0 saturated carbocycles. The second kappa shape index (κ2) is 9.61. The number of hydrogen-bond acceptors (Lipinski definition) is 3. The van der Waals surface area contributed by atoms with E-state index >= 15 is 0 Å². The molecule has 0 aliphatic carbocycles. The fourth-order valence-electron chi connectivity index (χ4n) is 2.12. The van der Waals surface area contributed by atoms with Crippen molar-refractivity contribution >= 4 is 35.6 Å². The molecule has 2 aromatic carbocycles. The normalized spacial score (nSPS) is 10.6. The highest BCUT2D eigenvalue weighted by Crippen LogP contribution is 2.13. The zero-order valence-corrected chi connectivity index (χ0v) is 14.3. The van der Waals surface area contributed by atoms with Crippen molar-refractivity contribution in [3.63, 3.8) is 0 Å². The Bertz CT molecular complexity index is 740. The maximum absolute atomic E-state index is 12.0. The van der Waals surface area contributed by atoms with Gasteiger partial charge >= 0.3 is 0 Å². The lowest BCUT2D eigenvalue weighted by molar-refractivity contribution is -0.129. The minimum atomic E-state index is -0.467. The van der Waals surface area contributed by atoms with Gasteiger partial charge in [0.25, 0.3) is 5.91 Å². The number of rotatable bonds is 7. The Morgan fingerprint density at radius 2 is 1.52 bits per heavy atom. The van der Waals surface area contributed by atoms with E-state index < -0.39 is 5.91 Å². The van der Waals surface area contributed by atoms with Gasteiger partial charge in [-0.05, 0) is 41.8 Å². The molecular weight excluding hydrogens is 340 g/mol. The number of benzene rings is 2. The zero-order chi connectivity index (χ0) is 18.1. The first-order chi connectivity index (χ1) is 12.1. The van der Waals surface area contributed by atoms with Crippen LogP contribution in [0.3, 0.4) is 0 Å². The monoisotopic (exact) mass is 358 g/mol. The van der Waals surface area contributed by atoms with E-state index in [4.69, 9.17) is 16.8 Å². The van der Waals surface area contributed by atoms with Crippen molar-refractivity contribution in [2.45, 2.75) is 12.8 Å². The summed E-state index contributed by atoms with van der Waals surface area (Å²) in [5, 5.41) is 11.8. The fourth-order valence-corrected chi connectivity index (χ4v) is 2.25. The molecule has 0 heterocycles. The Balaban J connectivity index is 1.85. The lowest BCUT2D eigenvalue weighted by atomic mass is 10.1. The van der Waals surface area contributed by atoms with E-state index in [9.17, 15) is 9.59 Å². The average molecular weight is 359 g/mol. The first kappa shape index (κ1) is 18.7. The largest absolute Gasteiger partial charge is 0.352 e. The number of hydrogen-bond donors (Lipinski definition) is 3. The predicted molar refractivity (Wildman–Crippen MR) is 98.3 cm³/mol. The van der Waals surface area contributed by atoms with Crippen LogP contribution in [0.2, 0.25) is 5.02 Å². The van der Waals surface area contributed by atoms with Gasteiger partial charge in [0.05, 0.1) is 0 Å². The van der Waals surface area contributed by atoms with Gasteiger partial charge in [-0.1, -0.05) is 48.0 Å². The quantitative estimate of drug-likeness (QED) is 0.306. The number of nitrogens with one attached hydrogen (secondary N) is 2. The Kier molecular flexibility index (Phi) is 7.19. The fraction of sp³-hybridized carbons (Fsp3) is 0.158. The number of carbonyl (C=O) groups excluding carboxylic acids is 2. The van der Waals surface area contributed by atoms with Crippen molar-refractivity contribution in [3.05, 3.63) is 70.2 Å². The molecule has 130 valence electrons. The molecule has 2 aromatic rings. The lowest BCUT2D eigenvalue weighted by Crippen LogP contribution is -2.26. The first-order valence-electron chi connectivity index (χ1n) is 7.83. The smallest absolute Gasteiger partial charge is 0.251 e. The van der Waals surface area contributed by atoms with Crippen LogP contribution in [0.1, 0.15) is 34.3 Å². The molecule has 3 N–H and O–H groups in total. The molecular formula is C19H19ClN2O3. The molecule has 6 heteroatoms. The number of amides is 2. The van der Waals surface area contributed by atoms with Gasteiger partial charge in [0, 0.05) is 23.6 Å². The van der Waals surface area contributed by atoms with E-state index in [1.54, 1.807) is 17.6 Å². The molecule has 25 heavy (non-hydrogen) atoms. The van der Waals surface area contributed by atoms with Crippen LogP contribution in [0.15, 0.2) is 48.5 Å². The first-order valence-corrected chi connectivity index (χ1v) is 8.21. The lowest BCUT2D eigenvalue weighted by Gasteiger charge is -2.05. The molecule has 0 saturated heterocycles. The second-order valence-electron chi connectivity index (χ2n) is 5.40. The zero-order valence-electron chi connectivity index (χ0n) is 13.5. The van der Waals surface area contributed by atoms with Crippen LogP contribution in [-0.2, 0) is 4.79 Å². The Morgan fingerprint density at radius 1 is 0.960 bits per heavy atom. The van der Waals surface area contributed by atoms with Gasteiger partial charge in [-0.15, -0.1) is 0 Å². The third-order valence-electron chi connectivity index (χ3n) is 3.50. The van der Waals surface area contributed by atoms with Gasteiger partial charge in [-0.3, -0.25) is 14.8 Å². The molecule has 0 fully saturated rings. The van der Waals surface area contributed by atoms with Crippen LogP contribution in [0, 0.1) is 0 Å². The number of halogens is 1. The molecule has 2 amide bonds. The minimum absolute atomic E-state index is 0.158. The van der Waals surface area contributed by atoms with Crippen LogP contribution >= 0.6 is 11.6 Å². The van der Waals surface area contributed by atoms with Crippen molar-refractivity contribution in [2.24, 2.45) is 0 Å². The highest BCUT2D eigenvalue weighted by molar-refractivity contribution is 6.30. The second-order valence-corrected chi connectivity index (χ2v) is 5.84. The summed E-state index contributed by atoms with van der Waals surface area (Å²) in [4.78, 5) is 22.8. The minimum Gasteiger partial charge on any atom is -0.352 e. The average Bonchev–Trinajstić information content (AvgIpc) is 2.64. The van der Waals surface area contributed by atoms with E-state index in [1.807, 2.05) is 48.6 Å². The third-order valence-corrected chi connectivity index (χ3v) is 3.75. The van der Waals surface area contributed by atoms with Crippen molar-refractivity contribution in [2.75, 3.05) is 6.54 Å². The van der Waals surface area contributed by atoms with Crippen molar-refractivity contribution < 1.29 is 14.8 Å². The summed E-state index contributed by atoms with van der Waals surface area (Å²) in [7, 11) is 0. The molecule has 0 aliphatic heterocycles. The molecule has 2 rings (SSSR count). The van der Waals surface area contributed by atoms with Crippen LogP contribution in [0.5, 0.6) is 0 Å². The third kappa shape index (κ3) is 6.41. The SMILES string of the molecule is O=C(CCCNC(=O)c1ccc(/C=C/c2ccc(Cl)cc2)cc1)NO. The molecule has 0 aromatic heterocycles. The van der Waals surface area contributed by atoms with Crippen molar-refractivity contribution in [1.82, 2.24) is 10.8 Å². The van der Waals surface area contributed by atoms with Crippen LogP contribution in [0.25, 0.3) is 12.2 Å². The van der Waals surface area contributed by atoms with Gasteiger partial charge in [-0.25, -0.2) is 5.48 Å². The van der Waals surface area contributed by atoms with Gasteiger partial charge in [-0.2, -0.15) is 0 Å². The topological polar surface area (TPSA) is 78.4 Å². The van der Waals surface area contributed by atoms with E-state index in [0.717, 1.165) is 11.1 Å². The maximum atomic E-state index is 12.0. The van der Waals surface area contributed by atoms with Gasteiger partial charge in [0.1, 0.15) is 0 Å². The molecule has 0 aliphatic rings. The number of carbonyl (C=O) groups is 2. The summed E-state index contributed by atoms with van der Waals surface area (Å²) in [5.74, 6) is -0.663. The van der Waals surface area contributed by atoms with E-state index in [1.165, 1.54) is 0 Å². The highest BCUT2D eigenvalue weighted by atomic mass is 35.5. The summed E-state index contributed by atoms with van der Waals surface area (Å²) < 4.78 is 0. The summed E-state index contributed by atoms with van der Waals surface area (Å²) in [6.45, 7) is 0.366. The summed E-state index contributed by atoms with van der Waals surface area (Å²) in [5.41, 5.74) is 4.12. The predicted octanol–water partition coefficient (Wildman–Crippen LogP) is 3.53. The van der Waals surface area contributed by atoms with Crippen molar-refractivity contribution in [1.29, 1.82) is 0 Å². The number of hydroxylamine groups is 1. The van der Waals surface area contributed by atoms with Crippen LogP contribution in [0.4, 0.5) is 0 Å². The van der Waals surface area contributed by atoms with E-state index in [2.05, 4.69) is 5.32 Å². The van der Waals surface area contributed by atoms with Crippen LogP contribution in [-0.4, -0.2) is 23.6 Å². The summed E-state index contributed by atoms with van der Waals surface area (Å²) in [6, 6.07) is 14.7. The Labute approximate surface area is 151 Å². The molecule has 0 bridgehead atoms. The van der Waals surface area contributed by atoms with E-state index in [0.29, 0.717) is 23.6 Å². The molecule has 0 unspecified atom stereocenters. The molecule has 0 radical (unpaired) electrons. The van der Waals surface area contributed by atoms with E-state index in [-0.39, 0.29) is 12.3 Å². The summed E-state index contributed by atoms with van der Waals surface area (Å²) in [6.07, 6.45) is 4.54. The maximum Gasteiger partial charge on any atom is 0.251 e. The van der Waals surface area contributed by atoms with Gasteiger partial charge in [0.2, 0.25) is 5.91 Å². The Hall–Kier alpha value is -2.63. The highest BCUT2D eigenvalue weighted by Gasteiger charge is 2.05. The van der Waals surface area contributed by atoms with Gasteiger partial charge < -0.3 is 5.32 Å². The molecule has 0 spiro atoms. The van der Waals surface area contributed by atoms with Gasteiger partial charge in [0.15, 0.2) is 0 Å². The van der Waals surface area contributed by atoms with Crippen molar-refractivity contribution in [3.8, 4) is 0 Å². The summed E-state index contributed by atoms with van der Waals surface area (Å²) >= 11 is 5.85. The standard InChI is InChI=1S/C19H19ClN2O3/c20-17-11-7-15(8-12-17)4-3-14-5-9-16(10-6-14)19(24)21-13-1-2-18(23)22-25/h3-12,25H,1-2,13H2,(H,21,24)(H,22,23)/b4-3+. The van der Waals surface area contributed by atoms with Crippen LogP contribution < -0.4 is 10.8 Å². The molecule has 5 nitrogen and oxygen atoms in total. The molecule has 0 atom stereocenters. The Morgan fingerprint density at radius 3 is 2.08 bits per heavy atom.